The van der Waals surface area contributed by atoms with Gasteiger partial charge in [0.15, 0.2) is 0 Å². The number of urea groups is 1. The van der Waals surface area contributed by atoms with Crippen molar-refractivity contribution < 1.29 is 9.53 Å². The lowest BCUT2D eigenvalue weighted by Gasteiger charge is -2.25. The van der Waals surface area contributed by atoms with Gasteiger partial charge in [-0.2, -0.15) is 0 Å². The molecule has 2 N–H and O–H groups in total. The molecule has 8 heteroatoms. The fourth-order valence-corrected chi connectivity index (χ4v) is 3.44. The minimum absolute atomic E-state index is 0.0631. The maximum absolute atomic E-state index is 12.1. The number of rotatable bonds is 7. The van der Waals surface area contributed by atoms with Crippen LogP contribution in [0.5, 0.6) is 5.75 Å². The minimum Gasteiger partial charge on any atom is -0.497 e. The van der Waals surface area contributed by atoms with E-state index in [9.17, 15) is 4.79 Å². The van der Waals surface area contributed by atoms with E-state index in [2.05, 4.69) is 25.7 Å². The predicted octanol–water partition coefficient (Wildman–Crippen LogP) is 2.85. The second-order valence-corrected chi connectivity index (χ2v) is 7.32. The fourth-order valence-electron chi connectivity index (χ4n) is 2.54. The molecule has 3 rings (SSSR count). The Balaban J connectivity index is 1.55. The SMILES string of the molecule is COc1ccc(C(CNC(=O)Nc2nnc(C3CC3)s2)N(C)C)cc1. The average Bonchev–Trinajstić information content (AvgIpc) is 3.35. The summed E-state index contributed by atoms with van der Waals surface area (Å²) in [5, 5.41) is 15.4. The van der Waals surface area contributed by atoms with E-state index in [4.69, 9.17) is 4.74 Å². The summed E-state index contributed by atoms with van der Waals surface area (Å²) < 4.78 is 5.19. The fraction of sp³-hybridized carbons (Fsp3) is 0.471. The van der Waals surface area contributed by atoms with Crippen molar-refractivity contribution in [3.63, 3.8) is 0 Å². The van der Waals surface area contributed by atoms with E-state index in [1.54, 1.807) is 7.11 Å². The molecule has 1 aromatic carbocycles. The molecule has 2 aromatic rings. The third-order valence-electron chi connectivity index (χ3n) is 4.17. The van der Waals surface area contributed by atoms with Crippen LogP contribution in [0.1, 0.15) is 35.4 Å². The van der Waals surface area contributed by atoms with Crippen LogP contribution in [0.25, 0.3) is 0 Å². The third-order valence-corrected chi connectivity index (χ3v) is 5.17. The first-order chi connectivity index (χ1) is 12.1. The Morgan fingerprint density at radius 3 is 2.64 bits per heavy atom. The summed E-state index contributed by atoms with van der Waals surface area (Å²) in [5.74, 6) is 1.36. The molecule has 2 amide bonds. The van der Waals surface area contributed by atoms with E-state index in [0.717, 1.165) is 16.3 Å². The van der Waals surface area contributed by atoms with E-state index >= 15 is 0 Å². The number of amides is 2. The number of carbonyl (C=O) groups is 1. The van der Waals surface area contributed by atoms with Crippen LogP contribution in [-0.2, 0) is 0 Å². The molecule has 0 aliphatic heterocycles. The van der Waals surface area contributed by atoms with Gasteiger partial charge in [-0.15, -0.1) is 10.2 Å². The molecule has 1 aromatic heterocycles. The van der Waals surface area contributed by atoms with Gasteiger partial charge in [-0.05, 0) is 44.6 Å². The maximum atomic E-state index is 12.1. The summed E-state index contributed by atoms with van der Waals surface area (Å²) in [6.07, 6.45) is 2.35. The molecular weight excluding hydrogens is 338 g/mol. The molecule has 0 saturated heterocycles. The van der Waals surface area contributed by atoms with Crippen LogP contribution in [0.15, 0.2) is 24.3 Å². The Bertz CT molecular complexity index is 712. The van der Waals surface area contributed by atoms with Crippen molar-refractivity contribution in [2.75, 3.05) is 33.1 Å². The van der Waals surface area contributed by atoms with Gasteiger partial charge in [0, 0.05) is 12.5 Å². The summed E-state index contributed by atoms with van der Waals surface area (Å²) >= 11 is 1.45. The van der Waals surface area contributed by atoms with Crippen molar-refractivity contribution in [3.05, 3.63) is 34.8 Å². The first-order valence-electron chi connectivity index (χ1n) is 8.25. The molecule has 1 heterocycles. The van der Waals surface area contributed by atoms with Crippen LogP contribution in [0, 0.1) is 0 Å². The lowest BCUT2D eigenvalue weighted by Crippen LogP contribution is -2.36. The number of anilines is 1. The Labute approximate surface area is 151 Å². The lowest BCUT2D eigenvalue weighted by atomic mass is 10.1. The summed E-state index contributed by atoms with van der Waals surface area (Å²) in [5.41, 5.74) is 1.11. The largest absolute Gasteiger partial charge is 0.497 e. The smallest absolute Gasteiger partial charge is 0.321 e. The molecule has 0 bridgehead atoms. The number of likely N-dealkylation sites (N-methyl/N-ethyl adjacent to an activating group) is 1. The number of hydrogen-bond acceptors (Lipinski definition) is 6. The van der Waals surface area contributed by atoms with Gasteiger partial charge in [-0.3, -0.25) is 5.32 Å². The molecule has 1 aliphatic rings. The van der Waals surface area contributed by atoms with Crippen molar-refractivity contribution in [2.24, 2.45) is 0 Å². The van der Waals surface area contributed by atoms with Crippen molar-refractivity contribution in [2.45, 2.75) is 24.8 Å². The second-order valence-electron chi connectivity index (χ2n) is 6.31. The van der Waals surface area contributed by atoms with Gasteiger partial charge in [0.05, 0.1) is 13.2 Å². The van der Waals surface area contributed by atoms with Crippen molar-refractivity contribution in [1.82, 2.24) is 20.4 Å². The highest BCUT2D eigenvalue weighted by Gasteiger charge is 2.27. The number of benzene rings is 1. The van der Waals surface area contributed by atoms with Crippen LogP contribution in [0.3, 0.4) is 0 Å². The highest BCUT2D eigenvalue weighted by Crippen LogP contribution is 2.42. The number of ether oxygens (including phenoxy) is 1. The summed E-state index contributed by atoms with van der Waals surface area (Å²) in [4.78, 5) is 14.2. The Morgan fingerprint density at radius 1 is 1.32 bits per heavy atom. The predicted molar refractivity (Wildman–Crippen MR) is 98.3 cm³/mol. The molecule has 1 aliphatic carbocycles. The van der Waals surface area contributed by atoms with Gasteiger partial charge in [-0.1, -0.05) is 23.5 Å². The molecule has 25 heavy (non-hydrogen) atoms. The highest BCUT2D eigenvalue weighted by molar-refractivity contribution is 7.15. The molecule has 134 valence electrons. The highest BCUT2D eigenvalue weighted by atomic mass is 32.1. The van der Waals surface area contributed by atoms with Gasteiger partial charge in [0.1, 0.15) is 10.8 Å². The zero-order valence-corrected chi connectivity index (χ0v) is 15.5. The normalized spacial score (nSPS) is 15.0. The van der Waals surface area contributed by atoms with Crippen LogP contribution >= 0.6 is 11.3 Å². The monoisotopic (exact) mass is 361 g/mol. The van der Waals surface area contributed by atoms with Gasteiger partial charge >= 0.3 is 6.03 Å². The van der Waals surface area contributed by atoms with Crippen molar-refractivity contribution in [3.8, 4) is 5.75 Å². The summed E-state index contributed by atoms with van der Waals surface area (Å²) in [6.45, 7) is 0.486. The summed E-state index contributed by atoms with van der Waals surface area (Å²) in [7, 11) is 5.62. The second kappa shape index (κ2) is 7.79. The number of hydrogen-bond donors (Lipinski definition) is 2. The number of nitrogens with one attached hydrogen (secondary N) is 2. The van der Waals surface area contributed by atoms with Gasteiger partial charge in [0.25, 0.3) is 0 Å². The quantitative estimate of drug-likeness (QED) is 0.793. The number of carbonyl (C=O) groups excluding carboxylic acids is 1. The van der Waals surface area contributed by atoms with Gasteiger partial charge in [0.2, 0.25) is 5.13 Å². The van der Waals surface area contributed by atoms with E-state index in [1.165, 1.54) is 24.2 Å². The topological polar surface area (TPSA) is 79.4 Å². The van der Waals surface area contributed by atoms with Gasteiger partial charge in [-0.25, -0.2) is 4.79 Å². The minimum atomic E-state index is -0.265. The average molecular weight is 361 g/mol. The zero-order valence-electron chi connectivity index (χ0n) is 14.7. The Hall–Kier alpha value is -2.19. The first kappa shape index (κ1) is 17.6. The van der Waals surface area contributed by atoms with Crippen LogP contribution in [0.2, 0.25) is 0 Å². The van der Waals surface area contributed by atoms with Crippen LogP contribution in [0.4, 0.5) is 9.93 Å². The maximum Gasteiger partial charge on any atom is 0.321 e. The van der Waals surface area contributed by atoms with E-state index < -0.39 is 0 Å². The molecule has 1 atom stereocenters. The molecule has 0 radical (unpaired) electrons. The molecule has 0 spiro atoms. The Kier molecular flexibility index (Phi) is 5.50. The van der Waals surface area contributed by atoms with E-state index in [1.807, 2.05) is 38.4 Å². The van der Waals surface area contributed by atoms with Crippen LogP contribution < -0.4 is 15.4 Å². The zero-order chi connectivity index (χ0) is 17.8. The Morgan fingerprint density at radius 2 is 2.04 bits per heavy atom. The van der Waals surface area contributed by atoms with Crippen molar-refractivity contribution >= 4 is 22.5 Å². The number of aromatic nitrogens is 2. The number of methoxy groups -OCH3 is 1. The molecule has 1 saturated carbocycles. The molecule has 7 nitrogen and oxygen atoms in total. The van der Waals surface area contributed by atoms with E-state index in [0.29, 0.717) is 17.6 Å². The van der Waals surface area contributed by atoms with Crippen LogP contribution in [-0.4, -0.2) is 48.9 Å². The molecule has 1 unspecified atom stereocenters. The van der Waals surface area contributed by atoms with Gasteiger partial charge < -0.3 is 15.0 Å². The van der Waals surface area contributed by atoms with E-state index in [-0.39, 0.29) is 12.1 Å². The standard InChI is InChI=1S/C17H23N5O2S/c1-22(2)14(11-6-8-13(24-3)9-7-11)10-18-16(23)19-17-21-20-15(25-17)12-4-5-12/h6-9,12,14H,4-5,10H2,1-3H3,(H2,18,19,21,23). The first-order valence-corrected chi connectivity index (χ1v) is 9.07. The molecular formula is C17H23N5O2S. The third kappa shape index (κ3) is 4.67. The summed E-state index contributed by atoms with van der Waals surface area (Å²) in [6, 6.07) is 7.66. The number of nitrogens with zero attached hydrogens (tertiary/aromatic N) is 3. The van der Waals surface area contributed by atoms with Crippen molar-refractivity contribution in [1.29, 1.82) is 0 Å². The lowest BCUT2D eigenvalue weighted by molar-refractivity contribution is 0.243. The molecule has 1 fully saturated rings.